The van der Waals surface area contributed by atoms with Gasteiger partial charge in [-0.1, -0.05) is 36.0 Å². The number of hydrogen-bond donors (Lipinski definition) is 0. The molecule has 20 heavy (non-hydrogen) atoms. The van der Waals surface area contributed by atoms with Crippen LogP contribution in [0.1, 0.15) is 10.7 Å². The molecule has 0 aliphatic rings. The minimum absolute atomic E-state index is 0.573. The lowest BCUT2D eigenvalue weighted by molar-refractivity contribution is 0.184. The van der Waals surface area contributed by atoms with Gasteiger partial charge < -0.3 is 4.74 Å². The molecule has 6 heteroatoms. The topological polar surface area (TPSA) is 47.9 Å². The van der Waals surface area contributed by atoms with Crippen LogP contribution >= 0.6 is 23.1 Å². The molecule has 0 amide bonds. The Morgan fingerprint density at radius 2 is 2.20 bits per heavy atom. The van der Waals surface area contributed by atoms with Crippen LogP contribution in [0.4, 0.5) is 0 Å². The number of nitrogens with zero attached hydrogens (tertiary/aromatic N) is 3. The van der Waals surface area contributed by atoms with E-state index in [-0.39, 0.29) is 0 Å². The molecule has 0 N–H and O–H groups in total. The third-order valence-corrected chi connectivity index (χ3v) is 4.65. The number of ether oxygens (including phenoxy) is 1. The maximum absolute atomic E-state index is 5.08. The average molecular weight is 303 g/mol. The summed E-state index contributed by atoms with van der Waals surface area (Å²) in [7, 11) is 1.68. The van der Waals surface area contributed by atoms with E-state index in [4.69, 9.17) is 4.74 Å². The van der Waals surface area contributed by atoms with Crippen molar-refractivity contribution < 1.29 is 4.74 Å². The van der Waals surface area contributed by atoms with Crippen molar-refractivity contribution in [1.29, 1.82) is 0 Å². The summed E-state index contributed by atoms with van der Waals surface area (Å²) >= 11 is 3.29. The molecule has 0 saturated carbocycles. The summed E-state index contributed by atoms with van der Waals surface area (Å²) in [5, 5.41) is 14.6. The molecule has 0 radical (unpaired) electrons. The summed E-state index contributed by atoms with van der Waals surface area (Å²) in [6.07, 6.45) is 1.79. The first-order valence-electron chi connectivity index (χ1n) is 6.12. The third kappa shape index (κ3) is 2.98. The number of benzene rings is 1. The zero-order chi connectivity index (χ0) is 13.8. The van der Waals surface area contributed by atoms with Gasteiger partial charge in [0.2, 0.25) is 0 Å². The highest BCUT2D eigenvalue weighted by Crippen LogP contribution is 2.27. The Hall–Kier alpha value is -1.50. The van der Waals surface area contributed by atoms with Crippen molar-refractivity contribution >= 4 is 33.9 Å². The second-order valence-corrected chi connectivity index (χ2v) is 6.10. The number of rotatable bonds is 5. The average Bonchev–Trinajstić information content (AvgIpc) is 2.93. The third-order valence-electron chi connectivity index (χ3n) is 2.76. The van der Waals surface area contributed by atoms with Crippen LogP contribution in [0.25, 0.3) is 10.8 Å². The van der Waals surface area contributed by atoms with Crippen molar-refractivity contribution in [2.75, 3.05) is 7.11 Å². The second kappa shape index (κ2) is 6.30. The van der Waals surface area contributed by atoms with Gasteiger partial charge in [-0.25, -0.2) is 4.98 Å². The van der Waals surface area contributed by atoms with Crippen LogP contribution in [0.2, 0.25) is 0 Å². The van der Waals surface area contributed by atoms with Crippen molar-refractivity contribution in [3.63, 3.8) is 0 Å². The summed E-state index contributed by atoms with van der Waals surface area (Å²) in [5.74, 6) is 0.795. The van der Waals surface area contributed by atoms with Gasteiger partial charge in [0.05, 0.1) is 18.5 Å². The molecule has 0 unspecified atom stereocenters. The van der Waals surface area contributed by atoms with Crippen LogP contribution in [0.5, 0.6) is 0 Å². The smallest absolute Gasteiger partial charge is 0.127 e. The van der Waals surface area contributed by atoms with E-state index in [0.717, 1.165) is 32.3 Å². The van der Waals surface area contributed by atoms with Crippen molar-refractivity contribution in [2.24, 2.45) is 0 Å². The van der Waals surface area contributed by atoms with E-state index in [1.165, 1.54) is 0 Å². The van der Waals surface area contributed by atoms with E-state index in [0.29, 0.717) is 6.61 Å². The lowest BCUT2D eigenvalue weighted by Crippen LogP contribution is -1.90. The molecular weight excluding hydrogens is 290 g/mol. The Morgan fingerprint density at radius 3 is 3.10 bits per heavy atom. The van der Waals surface area contributed by atoms with Gasteiger partial charge in [-0.15, -0.1) is 16.4 Å². The largest absolute Gasteiger partial charge is 0.378 e. The summed E-state index contributed by atoms with van der Waals surface area (Å²) in [4.78, 5) is 4.52. The Bertz CT molecular complexity index is 709. The van der Waals surface area contributed by atoms with Crippen molar-refractivity contribution in [1.82, 2.24) is 15.2 Å². The number of thioether (sulfide) groups is 1. The summed E-state index contributed by atoms with van der Waals surface area (Å²) < 4.78 is 5.08. The first kappa shape index (κ1) is 13.5. The number of methoxy groups -OCH3 is 1. The Morgan fingerprint density at radius 1 is 1.30 bits per heavy atom. The minimum Gasteiger partial charge on any atom is -0.378 e. The molecule has 0 saturated heterocycles. The summed E-state index contributed by atoms with van der Waals surface area (Å²) in [5.41, 5.74) is 1.06. The molecule has 0 bridgehead atoms. The van der Waals surface area contributed by atoms with Crippen molar-refractivity contribution in [3.05, 3.63) is 46.5 Å². The molecule has 0 fully saturated rings. The maximum Gasteiger partial charge on any atom is 0.127 e. The lowest BCUT2D eigenvalue weighted by Gasteiger charge is -2.02. The quantitative estimate of drug-likeness (QED) is 0.675. The van der Waals surface area contributed by atoms with E-state index < -0.39 is 0 Å². The number of hydrogen-bond acceptors (Lipinski definition) is 6. The fourth-order valence-electron chi connectivity index (χ4n) is 1.86. The summed E-state index contributed by atoms with van der Waals surface area (Å²) in [6.45, 7) is 0.573. The van der Waals surface area contributed by atoms with Crippen molar-refractivity contribution in [2.45, 2.75) is 17.4 Å². The zero-order valence-electron chi connectivity index (χ0n) is 10.9. The molecular formula is C14H13N3OS2. The highest BCUT2D eigenvalue weighted by atomic mass is 32.2. The van der Waals surface area contributed by atoms with Gasteiger partial charge in [0.15, 0.2) is 0 Å². The Kier molecular flexibility index (Phi) is 4.25. The van der Waals surface area contributed by atoms with Crippen LogP contribution in [0.15, 0.2) is 40.9 Å². The van der Waals surface area contributed by atoms with Crippen LogP contribution < -0.4 is 0 Å². The SMILES string of the molecule is COCc1nc(CSc2nncc3ccccc23)cs1. The van der Waals surface area contributed by atoms with Crippen LogP contribution in [0, 0.1) is 0 Å². The van der Waals surface area contributed by atoms with E-state index in [9.17, 15) is 0 Å². The zero-order valence-corrected chi connectivity index (χ0v) is 12.6. The van der Waals surface area contributed by atoms with Crippen LogP contribution in [-0.2, 0) is 17.1 Å². The molecule has 3 aromatic rings. The summed E-state index contributed by atoms with van der Waals surface area (Å²) in [6, 6.07) is 8.15. The predicted molar refractivity (Wildman–Crippen MR) is 81.9 cm³/mol. The lowest BCUT2D eigenvalue weighted by atomic mass is 10.2. The molecule has 0 aliphatic heterocycles. The molecule has 2 heterocycles. The molecule has 2 aromatic heterocycles. The molecule has 4 nitrogen and oxygen atoms in total. The van der Waals surface area contributed by atoms with E-state index in [1.54, 1.807) is 36.4 Å². The molecule has 0 spiro atoms. The van der Waals surface area contributed by atoms with Gasteiger partial charge in [0.1, 0.15) is 10.0 Å². The molecule has 3 rings (SSSR count). The van der Waals surface area contributed by atoms with Crippen LogP contribution in [-0.4, -0.2) is 22.3 Å². The molecule has 102 valence electrons. The van der Waals surface area contributed by atoms with Gasteiger partial charge >= 0.3 is 0 Å². The van der Waals surface area contributed by atoms with Crippen LogP contribution in [0.3, 0.4) is 0 Å². The fraction of sp³-hybridized carbons (Fsp3) is 0.214. The minimum atomic E-state index is 0.573. The maximum atomic E-state index is 5.08. The van der Waals surface area contributed by atoms with Gasteiger partial charge in [0.25, 0.3) is 0 Å². The number of thiazole rings is 1. The highest BCUT2D eigenvalue weighted by molar-refractivity contribution is 7.98. The van der Waals surface area contributed by atoms with Gasteiger partial charge in [-0.3, -0.25) is 0 Å². The molecule has 0 atom stereocenters. The van der Waals surface area contributed by atoms with Crippen molar-refractivity contribution in [3.8, 4) is 0 Å². The number of fused-ring (bicyclic) bond motifs is 1. The standard InChI is InChI=1S/C14H13N3OS2/c1-18-7-13-16-11(8-19-13)9-20-14-12-5-3-2-4-10(12)6-15-17-14/h2-6,8H,7,9H2,1H3. The predicted octanol–water partition coefficient (Wildman–Crippen LogP) is 3.53. The molecule has 1 aromatic carbocycles. The van der Waals surface area contributed by atoms with Gasteiger partial charge in [-0.05, 0) is 0 Å². The Balaban J connectivity index is 1.76. The van der Waals surface area contributed by atoms with E-state index >= 15 is 0 Å². The highest BCUT2D eigenvalue weighted by Gasteiger charge is 2.06. The normalized spacial score (nSPS) is 11.1. The monoisotopic (exact) mass is 303 g/mol. The van der Waals surface area contributed by atoms with Gasteiger partial charge in [0, 0.05) is 29.0 Å². The molecule has 0 aliphatic carbocycles. The first-order valence-corrected chi connectivity index (χ1v) is 7.99. The number of aromatic nitrogens is 3. The second-order valence-electron chi connectivity index (χ2n) is 4.19. The van der Waals surface area contributed by atoms with Gasteiger partial charge in [-0.2, -0.15) is 5.10 Å². The van der Waals surface area contributed by atoms with E-state index in [2.05, 4.69) is 26.6 Å². The first-order chi connectivity index (χ1) is 9.86. The Labute approximate surface area is 125 Å². The fourth-order valence-corrected chi connectivity index (χ4v) is 3.60. The van der Waals surface area contributed by atoms with E-state index in [1.807, 2.05) is 18.2 Å².